The van der Waals surface area contributed by atoms with Gasteiger partial charge in [-0.05, 0) is 25.0 Å². The van der Waals surface area contributed by atoms with Crippen LogP contribution in [0.4, 0.5) is 0 Å². The van der Waals surface area contributed by atoms with Gasteiger partial charge in [-0.15, -0.1) is 12.4 Å². The Kier molecular flexibility index (Phi) is 4.70. The molecule has 0 spiro atoms. The van der Waals surface area contributed by atoms with Crippen LogP contribution in [-0.2, 0) is 4.79 Å². The number of likely N-dealkylation sites (tertiary alicyclic amines) is 1. The number of aryl methyl sites for hydroxylation is 1. The maximum absolute atomic E-state index is 12.5. The second kappa shape index (κ2) is 6.37. The van der Waals surface area contributed by atoms with Gasteiger partial charge in [0.15, 0.2) is 0 Å². The summed E-state index contributed by atoms with van der Waals surface area (Å²) in [6, 6.07) is 3.54. The summed E-state index contributed by atoms with van der Waals surface area (Å²) in [6.45, 7) is 2.31. The van der Waals surface area contributed by atoms with Crippen molar-refractivity contribution in [1.82, 2.24) is 14.3 Å². The van der Waals surface area contributed by atoms with Gasteiger partial charge in [0.25, 0.3) is 11.5 Å². The highest BCUT2D eigenvalue weighted by atomic mass is 35.5. The number of carboxylic acid groups (broad SMARTS) is 1. The number of rotatable bonds is 2. The highest BCUT2D eigenvalue weighted by Crippen LogP contribution is 2.18. The molecule has 0 bridgehead atoms. The van der Waals surface area contributed by atoms with Crippen molar-refractivity contribution in [3.8, 4) is 0 Å². The number of amides is 1. The van der Waals surface area contributed by atoms with Gasteiger partial charge in [0.2, 0.25) is 0 Å². The molecule has 23 heavy (non-hydrogen) atoms. The smallest absolute Gasteiger partial charge is 0.308 e. The fourth-order valence-corrected chi connectivity index (χ4v) is 2.65. The van der Waals surface area contributed by atoms with Crippen LogP contribution in [0, 0.1) is 12.8 Å². The van der Waals surface area contributed by atoms with Crippen molar-refractivity contribution in [3.63, 3.8) is 0 Å². The van der Waals surface area contributed by atoms with E-state index in [0.717, 1.165) is 5.56 Å². The molecule has 0 radical (unpaired) electrons. The van der Waals surface area contributed by atoms with Crippen LogP contribution in [0.3, 0.4) is 0 Å². The average Bonchev–Trinajstić information content (AvgIpc) is 2.98. The quantitative estimate of drug-likeness (QED) is 0.881. The van der Waals surface area contributed by atoms with Crippen molar-refractivity contribution >= 4 is 29.9 Å². The van der Waals surface area contributed by atoms with Gasteiger partial charge in [0.05, 0.1) is 5.92 Å². The maximum Gasteiger partial charge on any atom is 0.308 e. The van der Waals surface area contributed by atoms with Crippen LogP contribution in [0.2, 0.25) is 0 Å². The van der Waals surface area contributed by atoms with E-state index in [9.17, 15) is 14.4 Å². The SMILES string of the molecule is Cc1ccc2ncc(C(=O)N3CCC(C(=O)O)C3)c(=O)n2c1.Cl. The molecule has 0 aromatic carbocycles. The Morgan fingerprint density at radius 3 is 2.74 bits per heavy atom. The van der Waals surface area contributed by atoms with Crippen molar-refractivity contribution in [2.24, 2.45) is 5.92 Å². The summed E-state index contributed by atoms with van der Waals surface area (Å²) >= 11 is 0. The van der Waals surface area contributed by atoms with E-state index in [4.69, 9.17) is 5.11 Å². The van der Waals surface area contributed by atoms with E-state index in [0.29, 0.717) is 18.6 Å². The lowest BCUT2D eigenvalue weighted by Crippen LogP contribution is -2.35. The first-order valence-corrected chi connectivity index (χ1v) is 6.97. The van der Waals surface area contributed by atoms with E-state index in [1.165, 1.54) is 15.5 Å². The second-order valence-electron chi connectivity index (χ2n) is 5.49. The van der Waals surface area contributed by atoms with Crippen LogP contribution in [0.1, 0.15) is 22.3 Å². The number of halogens is 1. The fraction of sp³-hybridized carbons (Fsp3) is 0.333. The minimum Gasteiger partial charge on any atom is -0.481 e. The lowest BCUT2D eigenvalue weighted by Gasteiger charge is -2.15. The predicted molar refractivity (Wildman–Crippen MR) is 85.1 cm³/mol. The summed E-state index contributed by atoms with van der Waals surface area (Å²) in [7, 11) is 0. The molecule has 122 valence electrons. The first-order valence-electron chi connectivity index (χ1n) is 6.97. The van der Waals surface area contributed by atoms with Gasteiger partial charge in [0.1, 0.15) is 11.2 Å². The molecule has 2 aromatic heterocycles. The van der Waals surface area contributed by atoms with Gasteiger partial charge in [-0.1, -0.05) is 6.07 Å². The summed E-state index contributed by atoms with van der Waals surface area (Å²) in [4.78, 5) is 41.4. The third-order valence-electron chi connectivity index (χ3n) is 3.91. The predicted octanol–water partition coefficient (Wildman–Crippen LogP) is 0.971. The number of hydrogen-bond donors (Lipinski definition) is 1. The van der Waals surface area contributed by atoms with Crippen LogP contribution in [-0.4, -0.2) is 44.4 Å². The second-order valence-corrected chi connectivity index (χ2v) is 5.49. The maximum atomic E-state index is 12.5. The van der Waals surface area contributed by atoms with E-state index in [1.54, 1.807) is 12.3 Å². The topological polar surface area (TPSA) is 92.0 Å². The van der Waals surface area contributed by atoms with Crippen molar-refractivity contribution in [2.75, 3.05) is 13.1 Å². The van der Waals surface area contributed by atoms with E-state index < -0.39 is 23.4 Å². The Morgan fingerprint density at radius 1 is 1.35 bits per heavy atom. The molecule has 1 unspecified atom stereocenters. The van der Waals surface area contributed by atoms with Gasteiger partial charge in [-0.2, -0.15) is 0 Å². The molecule has 0 aliphatic carbocycles. The standard InChI is InChI=1S/C15H15N3O4.ClH/c1-9-2-3-12-16-6-11(14(20)18(12)7-9)13(19)17-5-4-10(8-17)15(21)22;/h2-3,6-7,10H,4-5,8H2,1H3,(H,21,22);1H. The van der Waals surface area contributed by atoms with Gasteiger partial charge >= 0.3 is 5.97 Å². The summed E-state index contributed by atoms with van der Waals surface area (Å²) in [5.41, 5.74) is 0.886. The fourth-order valence-electron chi connectivity index (χ4n) is 2.65. The first kappa shape index (κ1) is 17.0. The molecule has 1 aliphatic rings. The number of pyridine rings is 1. The van der Waals surface area contributed by atoms with Crippen molar-refractivity contribution in [2.45, 2.75) is 13.3 Å². The molecule has 1 fully saturated rings. The molecule has 3 rings (SSSR count). The van der Waals surface area contributed by atoms with Crippen molar-refractivity contribution in [3.05, 3.63) is 46.0 Å². The monoisotopic (exact) mass is 337 g/mol. The van der Waals surface area contributed by atoms with E-state index in [-0.39, 0.29) is 24.5 Å². The van der Waals surface area contributed by atoms with Crippen LogP contribution >= 0.6 is 12.4 Å². The zero-order chi connectivity index (χ0) is 15.9. The third-order valence-corrected chi connectivity index (χ3v) is 3.91. The Balaban J connectivity index is 0.00000192. The normalized spacial score (nSPS) is 17.1. The number of carbonyl (C=O) groups is 2. The third kappa shape index (κ3) is 3.05. The molecular formula is C15H16ClN3O4. The molecular weight excluding hydrogens is 322 g/mol. The molecule has 0 saturated carbocycles. The highest BCUT2D eigenvalue weighted by molar-refractivity contribution is 5.94. The minimum atomic E-state index is -0.917. The molecule has 1 amide bonds. The number of aliphatic carboxylic acids is 1. The largest absolute Gasteiger partial charge is 0.481 e. The van der Waals surface area contributed by atoms with Gasteiger partial charge < -0.3 is 10.0 Å². The average molecular weight is 338 g/mol. The molecule has 2 aromatic rings. The zero-order valence-corrected chi connectivity index (χ0v) is 13.2. The summed E-state index contributed by atoms with van der Waals surface area (Å²) in [5, 5.41) is 8.99. The van der Waals surface area contributed by atoms with Crippen LogP contribution in [0.5, 0.6) is 0 Å². The molecule has 1 atom stereocenters. The number of hydrogen-bond acceptors (Lipinski definition) is 4. The molecule has 1 saturated heterocycles. The number of nitrogens with zero attached hydrogens (tertiary/aromatic N) is 3. The van der Waals surface area contributed by atoms with Crippen LogP contribution in [0.25, 0.3) is 5.65 Å². The van der Waals surface area contributed by atoms with Crippen molar-refractivity contribution in [1.29, 1.82) is 0 Å². The lowest BCUT2D eigenvalue weighted by molar-refractivity contribution is -0.141. The Labute approximate surface area is 138 Å². The summed E-state index contributed by atoms with van der Waals surface area (Å²) in [6.07, 6.45) is 3.30. The summed E-state index contributed by atoms with van der Waals surface area (Å²) in [5.74, 6) is -1.95. The number of carboxylic acids is 1. The van der Waals surface area contributed by atoms with Crippen LogP contribution < -0.4 is 5.56 Å². The molecule has 1 N–H and O–H groups in total. The highest BCUT2D eigenvalue weighted by Gasteiger charge is 2.32. The van der Waals surface area contributed by atoms with E-state index >= 15 is 0 Å². The first-order chi connectivity index (χ1) is 10.5. The Bertz CT molecular complexity index is 833. The number of fused-ring (bicyclic) bond motifs is 1. The number of carbonyl (C=O) groups excluding carboxylic acids is 1. The lowest BCUT2D eigenvalue weighted by atomic mass is 10.1. The molecule has 8 heteroatoms. The minimum absolute atomic E-state index is 0. The van der Waals surface area contributed by atoms with Crippen molar-refractivity contribution < 1.29 is 14.7 Å². The van der Waals surface area contributed by atoms with Crippen LogP contribution in [0.15, 0.2) is 29.3 Å². The number of aromatic nitrogens is 2. The molecule has 3 heterocycles. The summed E-state index contributed by atoms with van der Waals surface area (Å²) < 4.78 is 1.34. The van der Waals surface area contributed by atoms with Gasteiger partial charge in [-0.25, -0.2) is 4.98 Å². The van der Waals surface area contributed by atoms with Gasteiger partial charge in [0, 0.05) is 25.5 Å². The Morgan fingerprint density at radius 2 is 2.09 bits per heavy atom. The van der Waals surface area contributed by atoms with E-state index in [2.05, 4.69) is 4.98 Å². The molecule has 1 aliphatic heterocycles. The van der Waals surface area contributed by atoms with Gasteiger partial charge in [-0.3, -0.25) is 18.8 Å². The van der Waals surface area contributed by atoms with E-state index in [1.807, 2.05) is 13.0 Å². The Hall–Kier alpha value is -2.41. The zero-order valence-electron chi connectivity index (χ0n) is 12.4. The molecule has 7 nitrogen and oxygen atoms in total.